The maximum Gasteiger partial charge on any atom is 0.273 e. The van der Waals surface area contributed by atoms with Crippen molar-refractivity contribution in [2.45, 2.75) is 6.92 Å². The molecule has 11 heteroatoms. The Kier molecular flexibility index (Phi) is 5.56. The van der Waals surface area contributed by atoms with Crippen molar-refractivity contribution in [3.8, 4) is 0 Å². The van der Waals surface area contributed by atoms with Crippen LogP contribution < -0.4 is 10.6 Å². The van der Waals surface area contributed by atoms with Crippen LogP contribution in [0.2, 0.25) is 10.0 Å². The standard InChI is InChI=1S/C16H10Cl2N4O3S2/c1-7-8(3-2-4-10(7)22(24)25)14(23)20-15(26)21-16-19-13-11(27-16)6-5-9(17)12(13)18/h2-6H,1H3,(H2,19,20,21,23,26). The zero-order chi connectivity index (χ0) is 19.7. The number of nitrogens with zero attached hydrogens (tertiary/aromatic N) is 2. The highest BCUT2D eigenvalue weighted by Crippen LogP contribution is 2.35. The van der Waals surface area contributed by atoms with Gasteiger partial charge in [0.2, 0.25) is 0 Å². The Bertz CT molecular complexity index is 1100. The van der Waals surface area contributed by atoms with Gasteiger partial charge in [0.05, 0.1) is 19.7 Å². The molecule has 0 aliphatic heterocycles. The molecule has 0 spiro atoms. The van der Waals surface area contributed by atoms with Gasteiger partial charge < -0.3 is 5.32 Å². The van der Waals surface area contributed by atoms with Crippen molar-refractivity contribution in [1.29, 1.82) is 0 Å². The van der Waals surface area contributed by atoms with Crippen LogP contribution in [0.1, 0.15) is 15.9 Å². The summed E-state index contributed by atoms with van der Waals surface area (Å²) in [6.45, 7) is 1.50. The van der Waals surface area contributed by atoms with Gasteiger partial charge in [-0.3, -0.25) is 20.2 Å². The van der Waals surface area contributed by atoms with Crippen LogP contribution in [0.3, 0.4) is 0 Å². The molecule has 138 valence electrons. The first-order valence-electron chi connectivity index (χ1n) is 7.39. The van der Waals surface area contributed by atoms with Gasteiger partial charge in [-0.1, -0.05) is 40.6 Å². The molecule has 0 atom stereocenters. The molecular weight excluding hydrogens is 431 g/mol. The lowest BCUT2D eigenvalue weighted by atomic mass is 10.1. The average molecular weight is 441 g/mol. The first-order chi connectivity index (χ1) is 12.8. The van der Waals surface area contributed by atoms with Crippen molar-refractivity contribution in [3.05, 3.63) is 61.6 Å². The molecule has 27 heavy (non-hydrogen) atoms. The van der Waals surface area contributed by atoms with E-state index in [0.29, 0.717) is 20.7 Å². The normalized spacial score (nSPS) is 10.6. The molecule has 0 radical (unpaired) electrons. The number of thiazole rings is 1. The molecule has 7 nitrogen and oxygen atoms in total. The smallest absolute Gasteiger partial charge is 0.273 e. The van der Waals surface area contributed by atoms with Crippen molar-refractivity contribution >= 4 is 78.8 Å². The van der Waals surface area contributed by atoms with E-state index in [1.807, 2.05) is 0 Å². The van der Waals surface area contributed by atoms with Gasteiger partial charge in [-0.2, -0.15) is 0 Å². The monoisotopic (exact) mass is 440 g/mol. The Balaban J connectivity index is 1.76. The number of carbonyl (C=O) groups is 1. The Labute approximate surface area is 172 Å². The zero-order valence-electron chi connectivity index (χ0n) is 13.6. The van der Waals surface area contributed by atoms with Gasteiger partial charge in [0.15, 0.2) is 10.2 Å². The van der Waals surface area contributed by atoms with E-state index in [4.69, 9.17) is 35.4 Å². The summed E-state index contributed by atoms with van der Waals surface area (Å²) in [5.74, 6) is -0.559. The maximum atomic E-state index is 12.4. The average Bonchev–Trinajstić information content (AvgIpc) is 3.01. The number of aromatic nitrogens is 1. The Morgan fingerprint density at radius 1 is 1.30 bits per heavy atom. The molecular formula is C16H10Cl2N4O3S2. The first kappa shape index (κ1) is 19.4. The summed E-state index contributed by atoms with van der Waals surface area (Å²) in [6, 6.07) is 7.70. The van der Waals surface area contributed by atoms with Crippen molar-refractivity contribution in [1.82, 2.24) is 10.3 Å². The van der Waals surface area contributed by atoms with E-state index in [1.54, 1.807) is 12.1 Å². The second-order valence-corrected chi connectivity index (χ2v) is 7.57. The molecule has 0 bridgehead atoms. The minimum Gasteiger partial charge on any atom is -0.308 e. The number of nitro groups is 1. The number of halogens is 2. The highest BCUT2D eigenvalue weighted by Gasteiger charge is 2.19. The lowest BCUT2D eigenvalue weighted by Crippen LogP contribution is -2.34. The molecule has 0 aliphatic carbocycles. The van der Waals surface area contributed by atoms with Gasteiger partial charge in [0.1, 0.15) is 5.52 Å². The van der Waals surface area contributed by atoms with Gasteiger partial charge in [-0.25, -0.2) is 4.98 Å². The molecule has 3 aromatic rings. The second-order valence-electron chi connectivity index (χ2n) is 5.34. The Morgan fingerprint density at radius 3 is 2.74 bits per heavy atom. The van der Waals surface area contributed by atoms with E-state index in [-0.39, 0.29) is 21.9 Å². The van der Waals surface area contributed by atoms with Crippen molar-refractivity contribution in [2.24, 2.45) is 0 Å². The van der Waals surface area contributed by atoms with Crippen LogP contribution in [0.25, 0.3) is 10.2 Å². The topological polar surface area (TPSA) is 97.2 Å². The SMILES string of the molecule is Cc1c(C(=O)NC(=S)Nc2nc3c(Cl)c(Cl)ccc3s2)cccc1[N+](=O)[O-]. The summed E-state index contributed by atoms with van der Waals surface area (Å²) in [5.41, 5.74) is 0.802. The largest absolute Gasteiger partial charge is 0.308 e. The molecule has 1 aromatic heterocycles. The molecule has 0 aliphatic rings. The highest BCUT2D eigenvalue weighted by atomic mass is 35.5. The van der Waals surface area contributed by atoms with Crippen LogP contribution in [-0.4, -0.2) is 20.9 Å². The Morgan fingerprint density at radius 2 is 2.04 bits per heavy atom. The predicted octanol–water partition coefficient (Wildman–Crippen LogP) is 4.95. The number of anilines is 1. The molecule has 2 N–H and O–H groups in total. The number of nitrogens with one attached hydrogen (secondary N) is 2. The summed E-state index contributed by atoms with van der Waals surface area (Å²) >= 11 is 18.5. The Hall–Kier alpha value is -2.33. The summed E-state index contributed by atoms with van der Waals surface area (Å²) in [7, 11) is 0. The second kappa shape index (κ2) is 7.73. The minimum absolute atomic E-state index is 0.00665. The van der Waals surface area contributed by atoms with E-state index in [0.717, 1.165) is 4.70 Å². The summed E-state index contributed by atoms with van der Waals surface area (Å²) in [5, 5.41) is 17.5. The summed E-state index contributed by atoms with van der Waals surface area (Å²) in [6.07, 6.45) is 0. The molecule has 3 rings (SSSR count). The molecule has 0 unspecified atom stereocenters. The first-order valence-corrected chi connectivity index (χ1v) is 9.37. The molecule has 0 fully saturated rings. The van der Waals surface area contributed by atoms with Gasteiger partial charge in [-0.15, -0.1) is 0 Å². The highest BCUT2D eigenvalue weighted by molar-refractivity contribution is 7.80. The summed E-state index contributed by atoms with van der Waals surface area (Å²) in [4.78, 5) is 27.2. The zero-order valence-corrected chi connectivity index (χ0v) is 16.7. The maximum absolute atomic E-state index is 12.4. The lowest BCUT2D eigenvalue weighted by molar-refractivity contribution is -0.385. The molecule has 1 heterocycles. The number of nitro benzene ring substituents is 1. The summed E-state index contributed by atoms with van der Waals surface area (Å²) < 4.78 is 0.801. The van der Waals surface area contributed by atoms with Crippen molar-refractivity contribution in [3.63, 3.8) is 0 Å². The quantitative estimate of drug-likeness (QED) is 0.339. The number of amides is 1. The van der Waals surface area contributed by atoms with Crippen LogP contribution in [0.4, 0.5) is 10.8 Å². The number of carbonyl (C=O) groups excluding carboxylic acids is 1. The number of fused-ring (bicyclic) bond motifs is 1. The third-order valence-corrected chi connectivity index (χ3v) is 5.58. The van der Waals surface area contributed by atoms with Crippen LogP contribution in [0, 0.1) is 17.0 Å². The fourth-order valence-corrected chi connectivity index (χ4v) is 3.91. The third kappa shape index (κ3) is 4.01. The van der Waals surface area contributed by atoms with Gasteiger partial charge >= 0.3 is 0 Å². The van der Waals surface area contributed by atoms with Gasteiger partial charge in [-0.05, 0) is 37.3 Å². The lowest BCUT2D eigenvalue weighted by Gasteiger charge is -2.09. The van der Waals surface area contributed by atoms with Crippen molar-refractivity contribution in [2.75, 3.05) is 5.32 Å². The number of hydrogen-bond donors (Lipinski definition) is 2. The van der Waals surface area contributed by atoms with E-state index in [1.165, 1.54) is 36.5 Å². The van der Waals surface area contributed by atoms with Crippen molar-refractivity contribution < 1.29 is 9.72 Å². The predicted molar refractivity (Wildman–Crippen MR) is 111 cm³/mol. The van der Waals surface area contributed by atoms with Gasteiger partial charge in [0, 0.05) is 17.2 Å². The van der Waals surface area contributed by atoms with E-state index in [2.05, 4.69) is 15.6 Å². The van der Waals surface area contributed by atoms with E-state index in [9.17, 15) is 14.9 Å². The minimum atomic E-state index is -0.559. The number of rotatable bonds is 3. The third-order valence-electron chi connectivity index (χ3n) is 3.65. The van der Waals surface area contributed by atoms with E-state index < -0.39 is 10.8 Å². The molecule has 0 saturated heterocycles. The fraction of sp³-hybridized carbons (Fsp3) is 0.0625. The number of hydrogen-bond acceptors (Lipinski definition) is 6. The van der Waals surface area contributed by atoms with E-state index >= 15 is 0 Å². The van der Waals surface area contributed by atoms with Crippen LogP contribution in [0.15, 0.2) is 30.3 Å². The molecule has 2 aromatic carbocycles. The fourth-order valence-electron chi connectivity index (χ4n) is 2.36. The van der Waals surface area contributed by atoms with Crippen LogP contribution in [-0.2, 0) is 0 Å². The van der Waals surface area contributed by atoms with Gasteiger partial charge in [0.25, 0.3) is 11.6 Å². The van der Waals surface area contributed by atoms with Crippen LogP contribution >= 0.6 is 46.8 Å². The molecule has 1 amide bonds. The number of thiocarbonyl (C=S) groups is 1. The van der Waals surface area contributed by atoms with Crippen LogP contribution in [0.5, 0.6) is 0 Å². The number of benzene rings is 2. The molecule has 0 saturated carbocycles.